The zero-order valence-corrected chi connectivity index (χ0v) is 20.5. The Morgan fingerprint density at radius 3 is 2.36 bits per heavy atom. The average Bonchev–Trinajstić information content (AvgIpc) is 3.04. The van der Waals surface area contributed by atoms with E-state index in [1.165, 1.54) is 23.8 Å². The van der Waals surface area contributed by atoms with Gasteiger partial charge in [0.25, 0.3) is 5.92 Å². The number of rotatable bonds is 7. The van der Waals surface area contributed by atoms with Crippen LogP contribution in [0.3, 0.4) is 0 Å². The van der Waals surface area contributed by atoms with Gasteiger partial charge in [0.05, 0.1) is 12.6 Å². The van der Waals surface area contributed by atoms with Gasteiger partial charge in [-0.25, -0.2) is 13.2 Å². The van der Waals surface area contributed by atoms with Gasteiger partial charge in [0, 0.05) is 25.2 Å². The highest BCUT2D eigenvalue weighted by Crippen LogP contribution is 2.44. The number of benzene rings is 3. The van der Waals surface area contributed by atoms with Crippen molar-refractivity contribution in [3.05, 3.63) is 106 Å². The van der Waals surface area contributed by atoms with Crippen LogP contribution in [0.5, 0.6) is 0 Å². The minimum absolute atomic E-state index is 0.00684. The van der Waals surface area contributed by atoms with E-state index in [4.69, 9.17) is 0 Å². The van der Waals surface area contributed by atoms with Gasteiger partial charge >= 0.3 is 0 Å². The Morgan fingerprint density at radius 2 is 1.61 bits per heavy atom. The van der Waals surface area contributed by atoms with Crippen molar-refractivity contribution in [2.75, 3.05) is 26.3 Å². The number of nitrogens with zero attached hydrogens (tertiary/aromatic N) is 1. The van der Waals surface area contributed by atoms with E-state index in [-0.39, 0.29) is 24.5 Å². The first-order chi connectivity index (χ1) is 17.4. The molecule has 1 saturated heterocycles. The molecule has 1 nitrogen and oxygen atoms in total. The van der Waals surface area contributed by atoms with E-state index in [9.17, 15) is 8.78 Å². The summed E-state index contributed by atoms with van der Waals surface area (Å²) in [5, 5.41) is 0. The number of halogens is 4. The summed E-state index contributed by atoms with van der Waals surface area (Å²) in [5.74, 6) is -3.94. The van der Waals surface area contributed by atoms with Crippen LogP contribution in [0.4, 0.5) is 17.6 Å². The van der Waals surface area contributed by atoms with E-state index >= 15 is 8.78 Å². The Kier molecular flexibility index (Phi) is 7.03. The summed E-state index contributed by atoms with van der Waals surface area (Å²) in [6.07, 6.45) is 3.01. The van der Waals surface area contributed by atoms with Crippen molar-refractivity contribution in [1.82, 2.24) is 4.90 Å². The van der Waals surface area contributed by atoms with Gasteiger partial charge in [-0.05, 0) is 77.6 Å². The van der Waals surface area contributed by atoms with Crippen LogP contribution in [0.1, 0.15) is 52.6 Å². The molecule has 1 aliphatic heterocycles. The topological polar surface area (TPSA) is 3.24 Å². The molecule has 0 amide bonds. The first-order valence-electron chi connectivity index (χ1n) is 12.7. The van der Waals surface area contributed by atoms with E-state index < -0.39 is 18.5 Å². The molecule has 0 unspecified atom stereocenters. The van der Waals surface area contributed by atoms with Crippen LogP contribution in [-0.4, -0.2) is 31.2 Å². The fourth-order valence-corrected chi connectivity index (χ4v) is 5.62. The lowest BCUT2D eigenvalue weighted by molar-refractivity contribution is -0.124. The second kappa shape index (κ2) is 10.2. The van der Waals surface area contributed by atoms with E-state index in [0.29, 0.717) is 18.5 Å². The van der Waals surface area contributed by atoms with E-state index in [1.54, 1.807) is 25.1 Å². The van der Waals surface area contributed by atoms with Gasteiger partial charge < -0.3 is 4.90 Å². The molecule has 188 valence electrons. The highest BCUT2D eigenvalue weighted by atomic mass is 19.3. The summed E-state index contributed by atoms with van der Waals surface area (Å²) in [7, 11) is 0. The average molecular weight is 494 g/mol. The molecule has 1 fully saturated rings. The van der Waals surface area contributed by atoms with Gasteiger partial charge in [-0.15, -0.1) is 0 Å². The number of likely N-dealkylation sites (tertiary alicyclic amines) is 1. The van der Waals surface area contributed by atoms with Crippen molar-refractivity contribution in [2.24, 2.45) is 5.92 Å². The quantitative estimate of drug-likeness (QED) is 0.303. The summed E-state index contributed by atoms with van der Waals surface area (Å²) in [5.41, 5.74) is 6.69. The Balaban J connectivity index is 1.53. The Bertz CT molecular complexity index is 1260. The monoisotopic (exact) mass is 493 g/mol. The minimum atomic E-state index is -2.94. The molecule has 1 heterocycles. The third-order valence-electron chi connectivity index (χ3n) is 7.69. The third kappa shape index (κ3) is 4.61. The molecule has 0 radical (unpaired) electrons. The molecule has 3 aromatic rings. The first kappa shape index (κ1) is 24.8. The number of hydrogen-bond acceptors (Lipinski definition) is 1. The first-order valence-corrected chi connectivity index (χ1v) is 12.7. The maximum Gasteiger partial charge on any atom is 0.278 e. The smallest absolute Gasteiger partial charge is 0.278 e. The number of alkyl halides is 3. The van der Waals surface area contributed by atoms with Gasteiger partial charge in [0.1, 0.15) is 5.82 Å². The van der Waals surface area contributed by atoms with Crippen molar-refractivity contribution in [1.29, 1.82) is 0 Å². The van der Waals surface area contributed by atoms with Gasteiger partial charge in [-0.1, -0.05) is 60.7 Å². The summed E-state index contributed by atoms with van der Waals surface area (Å²) < 4.78 is 57.4. The van der Waals surface area contributed by atoms with Crippen molar-refractivity contribution < 1.29 is 17.6 Å². The number of fused-ring (bicyclic) bond motifs is 1. The SMILES string of the molecule is Cc1c(F)cccc1C1=C(c2ccc(C(F)(F)C3CN(CCCF)C3)cc2)c2ccccc2CCC1. The van der Waals surface area contributed by atoms with Crippen LogP contribution < -0.4 is 0 Å². The predicted octanol–water partition coefficient (Wildman–Crippen LogP) is 7.81. The molecule has 36 heavy (non-hydrogen) atoms. The Hall–Kier alpha value is -2.92. The highest BCUT2D eigenvalue weighted by Gasteiger charge is 2.47. The molecule has 3 aromatic carbocycles. The van der Waals surface area contributed by atoms with Gasteiger partial charge in [-0.2, -0.15) is 0 Å². The van der Waals surface area contributed by atoms with Gasteiger partial charge in [-0.3, -0.25) is 4.39 Å². The normalized spacial score (nSPS) is 17.0. The molecule has 2 aliphatic rings. The molecular formula is C31H31F4N. The van der Waals surface area contributed by atoms with Crippen LogP contribution in [-0.2, 0) is 12.3 Å². The molecule has 0 N–H and O–H groups in total. The second-order valence-corrected chi connectivity index (χ2v) is 9.98. The number of hydrogen-bond donors (Lipinski definition) is 0. The zero-order valence-electron chi connectivity index (χ0n) is 20.5. The summed E-state index contributed by atoms with van der Waals surface area (Å²) in [6, 6.07) is 20.0. The van der Waals surface area contributed by atoms with Gasteiger partial charge in [0.2, 0.25) is 0 Å². The Labute approximate surface area is 210 Å². The van der Waals surface area contributed by atoms with Gasteiger partial charge in [0.15, 0.2) is 0 Å². The molecule has 1 aliphatic carbocycles. The van der Waals surface area contributed by atoms with E-state index in [2.05, 4.69) is 12.1 Å². The van der Waals surface area contributed by atoms with Crippen LogP contribution in [0, 0.1) is 18.7 Å². The molecule has 0 saturated carbocycles. The minimum Gasteiger partial charge on any atom is -0.302 e. The van der Waals surface area contributed by atoms with Crippen molar-refractivity contribution >= 4 is 11.1 Å². The van der Waals surface area contributed by atoms with E-state index in [1.807, 2.05) is 23.1 Å². The molecule has 0 atom stereocenters. The molecule has 5 heteroatoms. The fraction of sp³-hybridized carbons (Fsp3) is 0.355. The molecule has 5 rings (SSSR count). The highest BCUT2D eigenvalue weighted by molar-refractivity contribution is 6.00. The molecular weight excluding hydrogens is 462 g/mol. The Morgan fingerprint density at radius 1 is 0.889 bits per heavy atom. The van der Waals surface area contributed by atoms with Crippen molar-refractivity contribution in [3.8, 4) is 0 Å². The second-order valence-electron chi connectivity index (χ2n) is 9.98. The molecule has 0 spiro atoms. The maximum absolute atomic E-state index is 15.3. The molecule has 0 aromatic heterocycles. The van der Waals surface area contributed by atoms with Crippen molar-refractivity contribution in [2.45, 2.75) is 38.5 Å². The van der Waals surface area contributed by atoms with Crippen LogP contribution in [0.2, 0.25) is 0 Å². The lowest BCUT2D eigenvalue weighted by Gasteiger charge is -2.43. The summed E-state index contributed by atoms with van der Waals surface area (Å²) >= 11 is 0. The number of allylic oxidation sites excluding steroid dienone is 1. The lowest BCUT2D eigenvalue weighted by Crippen LogP contribution is -2.53. The summed E-state index contributed by atoms with van der Waals surface area (Å²) in [4.78, 5) is 1.88. The summed E-state index contributed by atoms with van der Waals surface area (Å²) in [6.45, 7) is 2.48. The lowest BCUT2D eigenvalue weighted by atomic mass is 9.84. The zero-order chi connectivity index (χ0) is 25.3. The van der Waals surface area contributed by atoms with Crippen LogP contribution >= 0.6 is 0 Å². The molecule has 0 bridgehead atoms. The fourth-order valence-electron chi connectivity index (χ4n) is 5.62. The maximum atomic E-state index is 15.3. The van der Waals surface area contributed by atoms with E-state index in [0.717, 1.165) is 47.1 Å². The standard InChI is InChI=1S/C31H31F4N/c1-21-26(10-5-12-29(21)33)28-11-4-8-22-7-2-3-9-27(22)30(28)23-13-15-24(16-14-23)31(34,35)25-19-36(20-25)18-6-17-32/h2-3,5,7,9-10,12-16,25H,4,6,8,11,17-20H2,1H3. The largest absolute Gasteiger partial charge is 0.302 e. The predicted molar refractivity (Wildman–Crippen MR) is 137 cm³/mol. The van der Waals surface area contributed by atoms with Crippen molar-refractivity contribution in [3.63, 3.8) is 0 Å². The van der Waals surface area contributed by atoms with Crippen LogP contribution in [0.25, 0.3) is 11.1 Å². The van der Waals surface area contributed by atoms with Crippen LogP contribution in [0.15, 0.2) is 66.7 Å². The third-order valence-corrected chi connectivity index (χ3v) is 7.69. The number of aryl methyl sites for hydroxylation is 1.